The molecule has 0 bridgehead atoms. The van der Waals surface area contributed by atoms with Gasteiger partial charge in [0.1, 0.15) is 0 Å². The highest BCUT2D eigenvalue weighted by Gasteiger charge is 2.12. The minimum atomic E-state index is 0. The molecule has 0 aromatic heterocycles. The van der Waals surface area contributed by atoms with E-state index >= 15 is 0 Å². The van der Waals surface area contributed by atoms with Crippen LogP contribution in [-0.2, 0) is 0 Å². The maximum atomic E-state index is 2.28. The minimum Gasteiger partial charge on any atom is -0.0776 e. The van der Waals surface area contributed by atoms with Crippen molar-refractivity contribution < 1.29 is 0 Å². The lowest BCUT2D eigenvalue weighted by atomic mass is 9.87. The number of aryl methyl sites for hydroxylation is 1. The van der Waals surface area contributed by atoms with E-state index in [1.165, 1.54) is 32.7 Å². The maximum Gasteiger partial charge on any atom is -0.0140 e. The standard InChI is InChI=1S/C18H18.3C2H6.4CH4/c1-12(2)18-16-10-6-4-8-14(16)13(3)15-9-5-7-11-17(15)18;3*1-2;;;;/h4-12H,1-3H3;3*1-2H3;4*1H4. The van der Waals surface area contributed by atoms with Crippen molar-refractivity contribution in [2.24, 2.45) is 0 Å². The first kappa shape index (κ1) is 37.0. The summed E-state index contributed by atoms with van der Waals surface area (Å²) in [5.41, 5.74) is 2.87. The van der Waals surface area contributed by atoms with Gasteiger partial charge < -0.3 is 0 Å². The largest absolute Gasteiger partial charge is 0.0776 e. The molecule has 0 N–H and O–H groups in total. The summed E-state index contributed by atoms with van der Waals surface area (Å²) in [7, 11) is 0. The Bertz CT molecular complexity index is 664. The zero-order valence-electron chi connectivity index (χ0n) is 17.2. The molecule has 0 radical (unpaired) electrons. The fraction of sp³-hybridized carbons (Fsp3) is 0.500. The van der Waals surface area contributed by atoms with E-state index in [9.17, 15) is 0 Å². The van der Waals surface area contributed by atoms with Crippen molar-refractivity contribution in [2.75, 3.05) is 0 Å². The molecule has 28 heavy (non-hydrogen) atoms. The van der Waals surface area contributed by atoms with Crippen molar-refractivity contribution in [3.63, 3.8) is 0 Å². The number of hydrogen-bond acceptors (Lipinski definition) is 0. The molecule has 0 amide bonds. The van der Waals surface area contributed by atoms with Crippen LogP contribution in [0.15, 0.2) is 48.5 Å². The van der Waals surface area contributed by atoms with E-state index in [4.69, 9.17) is 0 Å². The van der Waals surface area contributed by atoms with Gasteiger partial charge in [-0.3, -0.25) is 0 Å². The third-order valence-corrected chi connectivity index (χ3v) is 3.82. The third kappa shape index (κ3) is 8.05. The molecule has 0 aliphatic carbocycles. The monoisotopic (exact) mass is 388 g/mol. The third-order valence-electron chi connectivity index (χ3n) is 3.82. The highest BCUT2D eigenvalue weighted by molar-refractivity contribution is 6.05. The van der Waals surface area contributed by atoms with E-state index in [0.717, 1.165) is 0 Å². The predicted octanol–water partition coefficient (Wildman–Crippen LogP) is 11.0. The summed E-state index contributed by atoms with van der Waals surface area (Å²) in [6, 6.07) is 17.5. The molecular formula is C28H52. The molecule has 3 rings (SSSR count). The van der Waals surface area contributed by atoms with Gasteiger partial charge in [0.05, 0.1) is 0 Å². The van der Waals surface area contributed by atoms with E-state index in [-0.39, 0.29) is 29.7 Å². The topological polar surface area (TPSA) is 0 Å². The Balaban J connectivity index is -0.000000162. The fourth-order valence-corrected chi connectivity index (χ4v) is 3.00. The van der Waals surface area contributed by atoms with Crippen LogP contribution >= 0.6 is 0 Å². The molecule has 0 unspecified atom stereocenters. The van der Waals surface area contributed by atoms with Crippen LogP contribution in [0.25, 0.3) is 21.5 Å². The summed E-state index contributed by atoms with van der Waals surface area (Å²) in [6.45, 7) is 18.8. The molecular weight excluding hydrogens is 336 g/mol. The first-order valence-electron chi connectivity index (χ1n) is 9.60. The molecule has 0 aliphatic rings. The van der Waals surface area contributed by atoms with Crippen molar-refractivity contribution in [1.82, 2.24) is 0 Å². The molecule has 0 heteroatoms. The molecule has 0 atom stereocenters. The van der Waals surface area contributed by atoms with E-state index in [2.05, 4.69) is 69.3 Å². The number of fused-ring (bicyclic) bond motifs is 2. The SMILES string of the molecule is C.C.C.C.CC.CC.CC.Cc1c2ccccc2c(C(C)C)c2ccccc12. The zero-order chi connectivity index (χ0) is 18.7. The summed E-state index contributed by atoms with van der Waals surface area (Å²) >= 11 is 0. The molecule has 0 nitrogen and oxygen atoms in total. The van der Waals surface area contributed by atoms with Crippen molar-refractivity contribution in [1.29, 1.82) is 0 Å². The summed E-state index contributed by atoms with van der Waals surface area (Å²) in [4.78, 5) is 0. The molecule has 0 saturated carbocycles. The summed E-state index contributed by atoms with van der Waals surface area (Å²) in [6.07, 6.45) is 0. The molecule has 0 fully saturated rings. The predicted molar refractivity (Wildman–Crippen MR) is 141 cm³/mol. The Morgan fingerprint density at radius 3 is 1.00 bits per heavy atom. The Hall–Kier alpha value is -1.82. The number of benzene rings is 3. The van der Waals surface area contributed by atoms with Crippen LogP contribution in [0.3, 0.4) is 0 Å². The second kappa shape index (κ2) is 19.9. The van der Waals surface area contributed by atoms with Gasteiger partial charge in [-0.05, 0) is 45.5 Å². The highest BCUT2D eigenvalue weighted by atomic mass is 14.2. The van der Waals surface area contributed by atoms with Crippen molar-refractivity contribution >= 4 is 21.5 Å². The van der Waals surface area contributed by atoms with Gasteiger partial charge >= 0.3 is 0 Å². The second-order valence-corrected chi connectivity index (χ2v) is 5.28. The lowest BCUT2D eigenvalue weighted by Crippen LogP contribution is -1.94. The van der Waals surface area contributed by atoms with Gasteiger partial charge in [-0.15, -0.1) is 0 Å². The van der Waals surface area contributed by atoms with Crippen molar-refractivity contribution in [3.8, 4) is 0 Å². The van der Waals surface area contributed by atoms with Crippen LogP contribution in [-0.4, -0.2) is 0 Å². The maximum absolute atomic E-state index is 2.28. The summed E-state index contributed by atoms with van der Waals surface area (Å²) in [5.74, 6) is 0.542. The van der Waals surface area contributed by atoms with Gasteiger partial charge in [0.15, 0.2) is 0 Å². The highest BCUT2D eigenvalue weighted by Crippen LogP contribution is 2.36. The molecule has 0 heterocycles. The van der Waals surface area contributed by atoms with Gasteiger partial charge in [-0.1, -0.05) is 134 Å². The number of rotatable bonds is 1. The van der Waals surface area contributed by atoms with Gasteiger partial charge in [-0.25, -0.2) is 0 Å². The minimum absolute atomic E-state index is 0. The fourth-order valence-electron chi connectivity index (χ4n) is 3.00. The van der Waals surface area contributed by atoms with Gasteiger partial charge in [-0.2, -0.15) is 0 Å². The summed E-state index contributed by atoms with van der Waals surface area (Å²) in [5, 5.41) is 5.59. The quantitative estimate of drug-likeness (QED) is 0.363. The van der Waals surface area contributed by atoms with Crippen LogP contribution in [0, 0.1) is 6.92 Å². The van der Waals surface area contributed by atoms with Crippen LogP contribution in [0.1, 0.15) is 102 Å². The van der Waals surface area contributed by atoms with E-state index in [1.54, 1.807) is 0 Å². The van der Waals surface area contributed by atoms with Crippen LogP contribution in [0.5, 0.6) is 0 Å². The molecule has 3 aromatic rings. The Labute approximate surface area is 179 Å². The normalized spacial score (nSPS) is 8.07. The summed E-state index contributed by atoms with van der Waals surface area (Å²) < 4.78 is 0. The van der Waals surface area contributed by atoms with Crippen LogP contribution in [0.2, 0.25) is 0 Å². The molecule has 0 spiro atoms. The average molecular weight is 389 g/mol. The smallest absolute Gasteiger partial charge is 0.0140 e. The lowest BCUT2D eigenvalue weighted by Gasteiger charge is -2.17. The van der Waals surface area contributed by atoms with Gasteiger partial charge in [0.2, 0.25) is 0 Å². The first-order valence-corrected chi connectivity index (χ1v) is 9.60. The van der Waals surface area contributed by atoms with Gasteiger partial charge in [0.25, 0.3) is 0 Å². The number of hydrogen-bond donors (Lipinski definition) is 0. The molecule has 3 aromatic carbocycles. The lowest BCUT2D eigenvalue weighted by molar-refractivity contribution is 0.885. The molecule has 0 saturated heterocycles. The Morgan fingerprint density at radius 1 is 0.500 bits per heavy atom. The second-order valence-electron chi connectivity index (χ2n) is 5.28. The van der Waals surface area contributed by atoms with Crippen LogP contribution in [0.4, 0.5) is 0 Å². The zero-order valence-corrected chi connectivity index (χ0v) is 17.2. The molecule has 164 valence electrons. The van der Waals surface area contributed by atoms with E-state index < -0.39 is 0 Å². The van der Waals surface area contributed by atoms with E-state index in [1.807, 2.05) is 41.5 Å². The Kier molecular flexibility index (Phi) is 26.3. The first-order chi connectivity index (χ1) is 11.7. The van der Waals surface area contributed by atoms with Crippen LogP contribution < -0.4 is 0 Å². The van der Waals surface area contributed by atoms with E-state index in [0.29, 0.717) is 5.92 Å². The van der Waals surface area contributed by atoms with Crippen molar-refractivity contribution in [3.05, 3.63) is 59.7 Å². The van der Waals surface area contributed by atoms with Gasteiger partial charge in [0, 0.05) is 0 Å². The average Bonchev–Trinajstić information content (AvgIpc) is 2.67. The Morgan fingerprint density at radius 2 is 0.750 bits per heavy atom. The van der Waals surface area contributed by atoms with Crippen molar-refractivity contribution in [2.45, 2.75) is 97.9 Å². The molecule has 0 aliphatic heterocycles.